The molecule has 0 radical (unpaired) electrons. The van der Waals surface area contributed by atoms with Crippen LogP contribution in [0, 0.1) is 13.8 Å². The van der Waals surface area contributed by atoms with E-state index in [1.165, 1.54) is 16.7 Å². The lowest BCUT2D eigenvalue weighted by Crippen LogP contribution is -2.36. The molecule has 3 N–H and O–H groups in total. The fourth-order valence-corrected chi connectivity index (χ4v) is 1.61. The van der Waals surface area contributed by atoms with Gasteiger partial charge < -0.3 is 0 Å². The fraction of sp³-hybridized carbons (Fsp3) is 0.500. The summed E-state index contributed by atoms with van der Waals surface area (Å²) < 4.78 is 0. The Morgan fingerprint density at radius 3 is 2.64 bits per heavy atom. The van der Waals surface area contributed by atoms with Gasteiger partial charge in [0.05, 0.1) is 0 Å². The van der Waals surface area contributed by atoms with Crippen LogP contribution in [-0.4, -0.2) is 6.04 Å². The number of nitrogens with one attached hydrogen (secondary N) is 1. The highest BCUT2D eigenvalue weighted by Gasteiger charge is 2.06. The second kappa shape index (κ2) is 5.13. The summed E-state index contributed by atoms with van der Waals surface area (Å²) in [5, 5.41) is 0. The normalized spacial score (nSPS) is 12.9. The standard InChI is InChI=1S/C12H20N2/c1-4-12(14-13)8-11-7-9(2)5-6-10(11)3/h5-7,12,14H,4,8,13H2,1-3H3. The van der Waals surface area contributed by atoms with Crippen molar-refractivity contribution < 1.29 is 0 Å². The minimum Gasteiger partial charge on any atom is -0.271 e. The van der Waals surface area contributed by atoms with Gasteiger partial charge in [-0.3, -0.25) is 11.3 Å². The van der Waals surface area contributed by atoms with Crippen LogP contribution in [0.2, 0.25) is 0 Å². The van der Waals surface area contributed by atoms with E-state index in [4.69, 9.17) is 5.84 Å². The van der Waals surface area contributed by atoms with E-state index in [2.05, 4.69) is 44.4 Å². The molecule has 1 unspecified atom stereocenters. The van der Waals surface area contributed by atoms with Crippen molar-refractivity contribution in [2.24, 2.45) is 5.84 Å². The molecule has 0 amide bonds. The topological polar surface area (TPSA) is 38.0 Å². The van der Waals surface area contributed by atoms with E-state index in [0.717, 1.165) is 12.8 Å². The first-order valence-electron chi connectivity index (χ1n) is 5.19. The van der Waals surface area contributed by atoms with Crippen molar-refractivity contribution in [3.05, 3.63) is 34.9 Å². The number of rotatable bonds is 4. The van der Waals surface area contributed by atoms with Gasteiger partial charge in [-0.2, -0.15) is 0 Å². The van der Waals surface area contributed by atoms with Gasteiger partial charge in [0, 0.05) is 6.04 Å². The molecule has 1 aromatic rings. The number of hydrazine groups is 1. The van der Waals surface area contributed by atoms with Gasteiger partial charge in [-0.15, -0.1) is 0 Å². The first kappa shape index (κ1) is 11.2. The van der Waals surface area contributed by atoms with E-state index >= 15 is 0 Å². The van der Waals surface area contributed by atoms with Crippen LogP contribution in [0.3, 0.4) is 0 Å². The van der Waals surface area contributed by atoms with Crippen LogP contribution in [-0.2, 0) is 6.42 Å². The van der Waals surface area contributed by atoms with Crippen LogP contribution in [0.4, 0.5) is 0 Å². The lowest BCUT2D eigenvalue weighted by Gasteiger charge is -2.15. The summed E-state index contributed by atoms with van der Waals surface area (Å²) in [5.41, 5.74) is 6.91. The van der Waals surface area contributed by atoms with Gasteiger partial charge in [0.2, 0.25) is 0 Å². The van der Waals surface area contributed by atoms with Gasteiger partial charge in [-0.25, -0.2) is 0 Å². The Morgan fingerprint density at radius 1 is 1.36 bits per heavy atom. The molecule has 1 atom stereocenters. The molecule has 78 valence electrons. The largest absolute Gasteiger partial charge is 0.271 e. The molecule has 14 heavy (non-hydrogen) atoms. The summed E-state index contributed by atoms with van der Waals surface area (Å²) in [6, 6.07) is 6.95. The predicted molar refractivity (Wildman–Crippen MR) is 61.0 cm³/mol. The molecule has 1 rings (SSSR count). The Kier molecular flexibility index (Phi) is 4.11. The maximum absolute atomic E-state index is 5.47. The molecule has 2 heteroatoms. The van der Waals surface area contributed by atoms with Gasteiger partial charge in [-0.05, 0) is 37.8 Å². The van der Waals surface area contributed by atoms with Crippen molar-refractivity contribution in [3.8, 4) is 0 Å². The van der Waals surface area contributed by atoms with Crippen LogP contribution in [0.15, 0.2) is 18.2 Å². The minimum absolute atomic E-state index is 0.385. The maximum atomic E-state index is 5.47. The number of hydrogen-bond donors (Lipinski definition) is 2. The van der Waals surface area contributed by atoms with E-state index in [1.807, 2.05) is 0 Å². The first-order chi connectivity index (χ1) is 6.67. The first-order valence-corrected chi connectivity index (χ1v) is 5.19. The van der Waals surface area contributed by atoms with E-state index in [1.54, 1.807) is 0 Å². The number of aryl methyl sites for hydroxylation is 2. The zero-order valence-corrected chi connectivity index (χ0v) is 9.30. The SMILES string of the molecule is CCC(Cc1cc(C)ccc1C)NN. The van der Waals surface area contributed by atoms with Gasteiger partial charge in [-0.1, -0.05) is 30.7 Å². The van der Waals surface area contributed by atoms with Crippen LogP contribution in [0.5, 0.6) is 0 Å². The summed E-state index contributed by atoms with van der Waals surface area (Å²) in [6.45, 7) is 6.42. The highest BCUT2D eigenvalue weighted by atomic mass is 15.2. The Labute approximate surface area is 86.5 Å². The average Bonchev–Trinajstić information content (AvgIpc) is 2.19. The molecule has 1 aromatic carbocycles. The number of benzene rings is 1. The zero-order valence-electron chi connectivity index (χ0n) is 9.30. The molecular weight excluding hydrogens is 172 g/mol. The Morgan fingerprint density at radius 2 is 2.07 bits per heavy atom. The summed E-state index contributed by atoms with van der Waals surface area (Å²) >= 11 is 0. The second-order valence-corrected chi connectivity index (χ2v) is 3.91. The molecule has 0 fully saturated rings. The number of nitrogens with two attached hydrogens (primary N) is 1. The molecule has 0 aromatic heterocycles. The highest BCUT2D eigenvalue weighted by molar-refractivity contribution is 5.31. The van der Waals surface area contributed by atoms with Crippen molar-refractivity contribution >= 4 is 0 Å². The van der Waals surface area contributed by atoms with Crippen molar-refractivity contribution in [1.29, 1.82) is 0 Å². The maximum Gasteiger partial charge on any atom is 0.0248 e. The molecule has 0 aliphatic rings. The Hall–Kier alpha value is -0.860. The van der Waals surface area contributed by atoms with Crippen LogP contribution >= 0.6 is 0 Å². The predicted octanol–water partition coefficient (Wildman–Crippen LogP) is 2.09. The third-order valence-electron chi connectivity index (χ3n) is 2.70. The third-order valence-corrected chi connectivity index (χ3v) is 2.70. The van der Waals surface area contributed by atoms with E-state index in [0.29, 0.717) is 6.04 Å². The summed E-state index contributed by atoms with van der Waals surface area (Å²) in [4.78, 5) is 0. The molecule has 0 bridgehead atoms. The van der Waals surface area contributed by atoms with Gasteiger partial charge >= 0.3 is 0 Å². The lowest BCUT2D eigenvalue weighted by molar-refractivity contribution is 0.510. The molecule has 0 aliphatic carbocycles. The average molecular weight is 192 g/mol. The zero-order chi connectivity index (χ0) is 10.6. The van der Waals surface area contributed by atoms with Crippen LogP contribution in [0.1, 0.15) is 30.0 Å². The van der Waals surface area contributed by atoms with Crippen molar-refractivity contribution in [1.82, 2.24) is 5.43 Å². The Balaban J connectivity index is 2.79. The van der Waals surface area contributed by atoms with Crippen LogP contribution < -0.4 is 11.3 Å². The molecule has 0 aliphatic heterocycles. The lowest BCUT2D eigenvalue weighted by atomic mass is 9.98. The summed E-state index contributed by atoms with van der Waals surface area (Å²) in [6.07, 6.45) is 2.07. The number of hydrogen-bond acceptors (Lipinski definition) is 2. The van der Waals surface area contributed by atoms with Crippen molar-refractivity contribution in [2.75, 3.05) is 0 Å². The monoisotopic (exact) mass is 192 g/mol. The smallest absolute Gasteiger partial charge is 0.0248 e. The van der Waals surface area contributed by atoms with E-state index in [9.17, 15) is 0 Å². The van der Waals surface area contributed by atoms with Crippen LogP contribution in [0.25, 0.3) is 0 Å². The molecule has 0 saturated heterocycles. The molecule has 0 saturated carbocycles. The Bertz CT molecular complexity index is 290. The summed E-state index contributed by atoms with van der Waals surface area (Å²) in [5.74, 6) is 5.47. The molecule has 2 nitrogen and oxygen atoms in total. The van der Waals surface area contributed by atoms with E-state index in [-0.39, 0.29) is 0 Å². The second-order valence-electron chi connectivity index (χ2n) is 3.91. The molecule has 0 spiro atoms. The highest BCUT2D eigenvalue weighted by Crippen LogP contribution is 2.13. The third kappa shape index (κ3) is 2.82. The minimum atomic E-state index is 0.385. The quantitative estimate of drug-likeness (QED) is 0.566. The fourth-order valence-electron chi connectivity index (χ4n) is 1.61. The van der Waals surface area contributed by atoms with Crippen molar-refractivity contribution in [2.45, 2.75) is 39.7 Å². The summed E-state index contributed by atoms with van der Waals surface area (Å²) in [7, 11) is 0. The van der Waals surface area contributed by atoms with Crippen molar-refractivity contribution in [3.63, 3.8) is 0 Å². The van der Waals surface area contributed by atoms with E-state index < -0.39 is 0 Å². The molecular formula is C12H20N2. The van der Waals surface area contributed by atoms with Gasteiger partial charge in [0.15, 0.2) is 0 Å². The van der Waals surface area contributed by atoms with Gasteiger partial charge in [0.1, 0.15) is 0 Å². The molecule has 0 heterocycles. The van der Waals surface area contributed by atoms with Gasteiger partial charge in [0.25, 0.3) is 0 Å².